The first-order valence-corrected chi connectivity index (χ1v) is 8.86. The van der Waals surface area contributed by atoms with Crippen molar-refractivity contribution in [1.29, 1.82) is 0 Å². The number of methoxy groups -OCH3 is 1. The molecule has 0 radical (unpaired) electrons. The van der Waals surface area contributed by atoms with Crippen LogP contribution in [-0.4, -0.2) is 34.6 Å². The van der Waals surface area contributed by atoms with Gasteiger partial charge in [-0.3, -0.25) is 14.9 Å². The molecule has 0 bridgehead atoms. The van der Waals surface area contributed by atoms with Gasteiger partial charge >= 0.3 is 0 Å². The highest BCUT2D eigenvalue weighted by atomic mass is 32.2. The minimum atomic E-state index is -0.442. The summed E-state index contributed by atoms with van der Waals surface area (Å²) in [5.41, 5.74) is 2.29. The van der Waals surface area contributed by atoms with Crippen LogP contribution in [0.3, 0.4) is 0 Å². The van der Waals surface area contributed by atoms with E-state index in [0.29, 0.717) is 16.5 Å². The third-order valence-corrected chi connectivity index (χ3v) is 4.47. The van der Waals surface area contributed by atoms with Crippen LogP contribution in [-0.2, 0) is 4.79 Å². The highest BCUT2D eigenvalue weighted by Gasteiger charge is 2.12. The van der Waals surface area contributed by atoms with Crippen molar-refractivity contribution < 1.29 is 14.3 Å². The molecule has 0 atom stereocenters. The molecule has 0 saturated heterocycles. The van der Waals surface area contributed by atoms with Gasteiger partial charge in [0.2, 0.25) is 5.91 Å². The fourth-order valence-electron chi connectivity index (χ4n) is 2.25. The number of benzene rings is 2. The predicted molar refractivity (Wildman–Crippen MR) is 100 cm³/mol. The number of hydrogen-bond donors (Lipinski definition) is 2. The van der Waals surface area contributed by atoms with E-state index in [2.05, 4.69) is 15.3 Å². The number of amides is 2. The number of carbonyl (C=O) groups is 2. The van der Waals surface area contributed by atoms with Gasteiger partial charge in [-0.15, -0.1) is 0 Å². The molecule has 0 unspecified atom stereocenters. The Hall–Kier alpha value is -3.06. The highest BCUT2D eigenvalue weighted by Crippen LogP contribution is 2.21. The molecule has 2 aromatic carbocycles. The molecule has 0 fully saturated rings. The SMILES string of the molecule is COc1ccc(C(=O)NC(=O)CSc2ncc(-c3ccccc3)[nH]2)cc1. The van der Waals surface area contributed by atoms with Crippen LogP contribution >= 0.6 is 11.8 Å². The molecule has 0 aliphatic rings. The molecular formula is C19H17N3O3S. The fraction of sp³-hybridized carbons (Fsp3) is 0.105. The van der Waals surface area contributed by atoms with E-state index in [1.807, 2.05) is 30.3 Å². The Bertz CT molecular complexity index is 892. The summed E-state index contributed by atoms with van der Waals surface area (Å²) in [5.74, 6) is -0.0875. The summed E-state index contributed by atoms with van der Waals surface area (Å²) in [5, 5.41) is 2.98. The topological polar surface area (TPSA) is 84.1 Å². The molecule has 0 aliphatic heterocycles. The van der Waals surface area contributed by atoms with Crippen LogP contribution in [0.2, 0.25) is 0 Å². The molecule has 2 amide bonds. The van der Waals surface area contributed by atoms with Gasteiger partial charge in [-0.2, -0.15) is 0 Å². The number of hydrogen-bond acceptors (Lipinski definition) is 5. The summed E-state index contributed by atoms with van der Waals surface area (Å²) in [6, 6.07) is 16.3. The molecule has 3 rings (SSSR count). The number of carbonyl (C=O) groups excluding carboxylic acids is 2. The standard InChI is InChI=1S/C19H17N3O3S/c1-25-15-9-7-14(8-10-15)18(24)22-17(23)12-26-19-20-11-16(21-19)13-5-3-2-4-6-13/h2-11H,12H2,1H3,(H,20,21)(H,22,23,24). The number of nitrogens with zero attached hydrogens (tertiary/aromatic N) is 1. The zero-order chi connectivity index (χ0) is 18.4. The van der Waals surface area contributed by atoms with Gasteiger partial charge in [0.15, 0.2) is 5.16 Å². The van der Waals surface area contributed by atoms with E-state index in [9.17, 15) is 9.59 Å². The molecule has 7 heteroatoms. The fourth-order valence-corrected chi connectivity index (χ4v) is 2.90. The van der Waals surface area contributed by atoms with Crippen molar-refractivity contribution >= 4 is 23.6 Å². The van der Waals surface area contributed by atoms with Gasteiger partial charge < -0.3 is 9.72 Å². The predicted octanol–water partition coefficient (Wildman–Crippen LogP) is 3.13. The first kappa shape index (κ1) is 17.8. The molecule has 1 aromatic heterocycles. The molecule has 3 aromatic rings. The van der Waals surface area contributed by atoms with Gasteiger partial charge in [0, 0.05) is 5.56 Å². The Morgan fingerprint density at radius 2 is 1.85 bits per heavy atom. The molecule has 2 N–H and O–H groups in total. The number of ether oxygens (including phenoxy) is 1. The van der Waals surface area contributed by atoms with Crippen LogP contribution in [0, 0.1) is 0 Å². The number of imide groups is 1. The summed E-state index contributed by atoms with van der Waals surface area (Å²) in [6.07, 6.45) is 1.72. The number of aromatic nitrogens is 2. The summed E-state index contributed by atoms with van der Waals surface area (Å²) < 4.78 is 5.04. The van der Waals surface area contributed by atoms with E-state index in [4.69, 9.17) is 4.74 Å². The maximum Gasteiger partial charge on any atom is 0.257 e. The van der Waals surface area contributed by atoms with E-state index in [1.54, 1.807) is 37.6 Å². The lowest BCUT2D eigenvalue weighted by molar-refractivity contribution is -0.117. The Morgan fingerprint density at radius 1 is 1.12 bits per heavy atom. The van der Waals surface area contributed by atoms with Crippen molar-refractivity contribution in [3.8, 4) is 17.0 Å². The summed E-state index contributed by atoms with van der Waals surface area (Å²) >= 11 is 1.24. The van der Waals surface area contributed by atoms with Crippen molar-refractivity contribution in [2.45, 2.75) is 5.16 Å². The van der Waals surface area contributed by atoms with E-state index >= 15 is 0 Å². The van der Waals surface area contributed by atoms with Crippen molar-refractivity contribution in [3.05, 3.63) is 66.4 Å². The Labute approximate surface area is 155 Å². The molecule has 6 nitrogen and oxygen atoms in total. The summed E-state index contributed by atoms with van der Waals surface area (Å²) in [4.78, 5) is 31.4. The number of thioether (sulfide) groups is 1. The van der Waals surface area contributed by atoms with Crippen LogP contribution in [0.4, 0.5) is 0 Å². The third kappa shape index (κ3) is 4.52. The largest absolute Gasteiger partial charge is 0.497 e. The number of aromatic amines is 1. The van der Waals surface area contributed by atoms with Crippen molar-refractivity contribution in [1.82, 2.24) is 15.3 Å². The van der Waals surface area contributed by atoms with Crippen molar-refractivity contribution in [2.24, 2.45) is 0 Å². The third-order valence-electron chi connectivity index (χ3n) is 3.58. The Morgan fingerprint density at radius 3 is 2.54 bits per heavy atom. The minimum Gasteiger partial charge on any atom is -0.497 e. The molecule has 132 valence electrons. The van der Waals surface area contributed by atoms with Crippen molar-refractivity contribution in [2.75, 3.05) is 12.9 Å². The zero-order valence-corrected chi connectivity index (χ0v) is 14.9. The highest BCUT2D eigenvalue weighted by molar-refractivity contribution is 7.99. The van der Waals surface area contributed by atoms with E-state index < -0.39 is 5.91 Å². The van der Waals surface area contributed by atoms with Gasteiger partial charge in [0.1, 0.15) is 5.75 Å². The van der Waals surface area contributed by atoms with Crippen LogP contribution in [0.25, 0.3) is 11.3 Å². The second-order valence-corrected chi connectivity index (χ2v) is 6.33. The molecule has 1 heterocycles. The average molecular weight is 367 g/mol. The molecule has 0 aliphatic carbocycles. The summed E-state index contributed by atoms with van der Waals surface area (Å²) in [6.45, 7) is 0. The molecule has 0 saturated carbocycles. The zero-order valence-electron chi connectivity index (χ0n) is 14.1. The lowest BCUT2D eigenvalue weighted by Gasteiger charge is -2.04. The van der Waals surface area contributed by atoms with Gasteiger partial charge in [0.05, 0.1) is 24.8 Å². The number of nitrogens with one attached hydrogen (secondary N) is 2. The van der Waals surface area contributed by atoms with Gasteiger partial charge in [-0.05, 0) is 29.8 Å². The number of rotatable bonds is 6. The maximum atomic E-state index is 12.0. The minimum absolute atomic E-state index is 0.0869. The monoisotopic (exact) mass is 367 g/mol. The first-order chi connectivity index (χ1) is 12.7. The van der Waals surface area contributed by atoms with E-state index in [1.165, 1.54) is 11.8 Å². The van der Waals surface area contributed by atoms with Crippen LogP contribution in [0.15, 0.2) is 66.0 Å². The molecule has 0 spiro atoms. The van der Waals surface area contributed by atoms with Gasteiger partial charge in [-0.1, -0.05) is 42.1 Å². The summed E-state index contributed by atoms with van der Waals surface area (Å²) in [7, 11) is 1.55. The Balaban J connectivity index is 1.52. The lowest BCUT2D eigenvalue weighted by atomic mass is 10.2. The number of H-pyrrole nitrogens is 1. The second kappa shape index (κ2) is 8.35. The normalized spacial score (nSPS) is 10.3. The van der Waals surface area contributed by atoms with Crippen molar-refractivity contribution in [3.63, 3.8) is 0 Å². The van der Waals surface area contributed by atoms with Crippen LogP contribution in [0.1, 0.15) is 10.4 Å². The lowest BCUT2D eigenvalue weighted by Crippen LogP contribution is -2.31. The molecule has 26 heavy (non-hydrogen) atoms. The smallest absolute Gasteiger partial charge is 0.257 e. The van der Waals surface area contributed by atoms with Gasteiger partial charge in [-0.25, -0.2) is 4.98 Å². The van der Waals surface area contributed by atoms with Crippen LogP contribution in [0.5, 0.6) is 5.75 Å². The maximum absolute atomic E-state index is 12.0. The average Bonchev–Trinajstić information content (AvgIpc) is 3.16. The Kier molecular flexibility index (Phi) is 5.70. The van der Waals surface area contributed by atoms with E-state index in [-0.39, 0.29) is 11.7 Å². The van der Waals surface area contributed by atoms with E-state index in [0.717, 1.165) is 11.3 Å². The number of imidazole rings is 1. The molecular weight excluding hydrogens is 350 g/mol. The first-order valence-electron chi connectivity index (χ1n) is 7.87. The quantitative estimate of drug-likeness (QED) is 0.654. The van der Waals surface area contributed by atoms with Crippen LogP contribution < -0.4 is 10.1 Å². The second-order valence-electron chi connectivity index (χ2n) is 5.36. The van der Waals surface area contributed by atoms with Gasteiger partial charge in [0.25, 0.3) is 5.91 Å².